The Hall–Kier alpha value is -2.87. The molecule has 1 N–H and O–H groups in total. The Morgan fingerprint density at radius 1 is 1.14 bits per heavy atom. The summed E-state index contributed by atoms with van der Waals surface area (Å²) in [6.07, 6.45) is 2.70. The van der Waals surface area contributed by atoms with Crippen molar-refractivity contribution in [3.63, 3.8) is 0 Å². The van der Waals surface area contributed by atoms with Gasteiger partial charge in [0, 0.05) is 31.2 Å². The van der Waals surface area contributed by atoms with Crippen LogP contribution in [-0.4, -0.2) is 32.8 Å². The van der Waals surface area contributed by atoms with Crippen LogP contribution < -0.4 is 16.6 Å². The first-order chi connectivity index (χ1) is 13.3. The van der Waals surface area contributed by atoms with Crippen LogP contribution in [0, 0.1) is 6.92 Å². The van der Waals surface area contributed by atoms with Gasteiger partial charge in [0.25, 0.3) is 11.5 Å². The average Bonchev–Trinajstić information content (AvgIpc) is 2.70. The summed E-state index contributed by atoms with van der Waals surface area (Å²) in [5.74, 6) is -0.355. The molecule has 0 saturated heterocycles. The first-order valence-electron chi connectivity index (χ1n) is 8.82. The number of benzene rings is 1. The molecule has 0 atom stereocenters. The lowest BCUT2D eigenvalue weighted by molar-refractivity contribution is 0.0955. The van der Waals surface area contributed by atoms with E-state index in [4.69, 9.17) is 0 Å². The molecule has 1 amide bonds. The molecule has 146 valence electrons. The Morgan fingerprint density at radius 3 is 2.46 bits per heavy atom. The third kappa shape index (κ3) is 3.73. The Morgan fingerprint density at radius 2 is 1.82 bits per heavy atom. The van der Waals surface area contributed by atoms with Gasteiger partial charge in [-0.3, -0.25) is 18.7 Å². The van der Waals surface area contributed by atoms with Crippen molar-refractivity contribution < 1.29 is 4.79 Å². The highest BCUT2D eigenvalue weighted by Gasteiger charge is 2.18. The highest BCUT2D eigenvalue weighted by molar-refractivity contribution is 7.98. The van der Waals surface area contributed by atoms with E-state index < -0.39 is 11.2 Å². The molecule has 0 aliphatic heterocycles. The molecular formula is C20H22N4O3S. The van der Waals surface area contributed by atoms with Crippen molar-refractivity contribution in [3.05, 3.63) is 68.0 Å². The molecule has 0 radical (unpaired) electrons. The second-order valence-corrected chi connectivity index (χ2v) is 7.45. The number of carbonyl (C=O) groups excluding carboxylic acids is 1. The fourth-order valence-electron chi connectivity index (χ4n) is 3.07. The molecule has 7 nitrogen and oxygen atoms in total. The van der Waals surface area contributed by atoms with Crippen LogP contribution in [-0.2, 0) is 20.5 Å². The van der Waals surface area contributed by atoms with Crippen LogP contribution in [0.25, 0.3) is 11.0 Å². The number of aromatic nitrogens is 3. The molecule has 3 rings (SSSR count). The van der Waals surface area contributed by atoms with E-state index in [0.717, 1.165) is 10.1 Å². The lowest BCUT2D eigenvalue weighted by atomic mass is 10.1. The first-order valence-corrected chi connectivity index (χ1v) is 10.0. The van der Waals surface area contributed by atoms with E-state index in [-0.39, 0.29) is 22.5 Å². The van der Waals surface area contributed by atoms with Gasteiger partial charge in [0.2, 0.25) is 0 Å². The number of amides is 1. The standard InChI is InChI=1S/C20H22N4O3S/c1-12-11-15(16-17(22-12)23(2)20(27)24(3)19(16)26)18(25)21-10-9-13-5-7-14(28-4)8-6-13/h5-8,11H,9-10H2,1-4H3,(H,21,25). The molecule has 3 aromatic rings. The number of hydrogen-bond donors (Lipinski definition) is 1. The molecule has 1 aromatic carbocycles. The van der Waals surface area contributed by atoms with Crippen LogP contribution in [0.1, 0.15) is 21.6 Å². The Labute approximate surface area is 166 Å². The summed E-state index contributed by atoms with van der Waals surface area (Å²) in [6.45, 7) is 2.16. The van der Waals surface area contributed by atoms with Gasteiger partial charge < -0.3 is 5.32 Å². The zero-order valence-corrected chi connectivity index (χ0v) is 17.1. The van der Waals surface area contributed by atoms with Crippen LogP contribution in [0.3, 0.4) is 0 Å². The van der Waals surface area contributed by atoms with Crippen molar-refractivity contribution in [1.29, 1.82) is 0 Å². The van der Waals surface area contributed by atoms with E-state index in [0.29, 0.717) is 18.7 Å². The van der Waals surface area contributed by atoms with Gasteiger partial charge in [-0.15, -0.1) is 11.8 Å². The number of nitrogens with zero attached hydrogens (tertiary/aromatic N) is 3. The molecular weight excluding hydrogens is 376 g/mol. The lowest BCUT2D eigenvalue weighted by Gasteiger charge is -2.12. The number of nitrogens with one attached hydrogen (secondary N) is 1. The molecule has 8 heteroatoms. The van der Waals surface area contributed by atoms with Crippen LogP contribution in [0.15, 0.2) is 44.8 Å². The van der Waals surface area contributed by atoms with Crippen molar-refractivity contribution in [2.75, 3.05) is 12.8 Å². The molecule has 0 saturated carbocycles. The summed E-state index contributed by atoms with van der Waals surface area (Å²) >= 11 is 1.68. The number of thioether (sulfide) groups is 1. The highest BCUT2D eigenvalue weighted by atomic mass is 32.2. The summed E-state index contributed by atoms with van der Waals surface area (Å²) < 4.78 is 2.28. The quantitative estimate of drug-likeness (QED) is 0.661. The number of rotatable bonds is 5. The minimum Gasteiger partial charge on any atom is -0.352 e. The van der Waals surface area contributed by atoms with Gasteiger partial charge >= 0.3 is 5.69 Å². The molecule has 0 spiro atoms. The van der Waals surface area contributed by atoms with Gasteiger partial charge in [-0.2, -0.15) is 0 Å². The normalized spacial score (nSPS) is 11.0. The third-order valence-electron chi connectivity index (χ3n) is 4.64. The molecule has 2 heterocycles. The Balaban J connectivity index is 1.89. The zero-order chi connectivity index (χ0) is 20.4. The number of aryl methyl sites for hydroxylation is 2. The fourth-order valence-corrected chi connectivity index (χ4v) is 3.48. The predicted molar refractivity (Wildman–Crippen MR) is 111 cm³/mol. The van der Waals surface area contributed by atoms with E-state index in [9.17, 15) is 14.4 Å². The molecule has 2 aromatic heterocycles. The van der Waals surface area contributed by atoms with Crippen molar-refractivity contribution in [1.82, 2.24) is 19.4 Å². The number of pyridine rings is 1. The van der Waals surface area contributed by atoms with Crippen LogP contribution in [0.2, 0.25) is 0 Å². The topological polar surface area (TPSA) is 86.0 Å². The number of hydrogen-bond acceptors (Lipinski definition) is 5. The number of carbonyl (C=O) groups is 1. The second kappa shape index (κ2) is 8.02. The SMILES string of the molecule is CSc1ccc(CCNC(=O)c2cc(C)nc3c2c(=O)n(C)c(=O)n3C)cc1. The van der Waals surface area contributed by atoms with Crippen molar-refractivity contribution in [2.24, 2.45) is 14.1 Å². The smallest absolute Gasteiger partial charge is 0.332 e. The van der Waals surface area contributed by atoms with Crippen LogP contribution >= 0.6 is 11.8 Å². The highest BCUT2D eigenvalue weighted by Crippen LogP contribution is 2.15. The van der Waals surface area contributed by atoms with Gasteiger partial charge in [-0.25, -0.2) is 9.78 Å². The van der Waals surface area contributed by atoms with Crippen molar-refractivity contribution in [2.45, 2.75) is 18.2 Å². The van der Waals surface area contributed by atoms with Crippen molar-refractivity contribution in [3.8, 4) is 0 Å². The van der Waals surface area contributed by atoms with Crippen molar-refractivity contribution >= 4 is 28.7 Å². The maximum absolute atomic E-state index is 12.8. The molecule has 0 aliphatic carbocycles. The molecule has 0 bridgehead atoms. The maximum atomic E-state index is 12.8. The lowest BCUT2D eigenvalue weighted by Crippen LogP contribution is -2.39. The minimum atomic E-state index is -0.525. The molecule has 28 heavy (non-hydrogen) atoms. The van der Waals surface area contributed by atoms with Gasteiger partial charge in [-0.05, 0) is 43.4 Å². The third-order valence-corrected chi connectivity index (χ3v) is 5.38. The Bertz CT molecular complexity index is 1160. The largest absolute Gasteiger partial charge is 0.352 e. The fraction of sp³-hybridized carbons (Fsp3) is 0.300. The summed E-state index contributed by atoms with van der Waals surface area (Å²) in [6, 6.07) is 9.75. The van der Waals surface area contributed by atoms with Gasteiger partial charge in [0.05, 0.1) is 10.9 Å². The van der Waals surface area contributed by atoms with E-state index in [1.165, 1.54) is 23.6 Å². The second-order valence-electron chi connectivity index (χ2n) is 6.57. The summed E-state index contributed by atoms with van der Waals surface area (Å²) in [5, 5.41) is 3.02. The summed E-state index contributed by atoms with van der Waals surface area (Å²) in [7, 11) is 2.93. The van der Waals surface area contributed by atoms with E-state index in [1.807, 2.05) is 30.5 Å². The Kier molecular flexibility index (Phi) is 5.69. The van der Waals surface area contributed by atoms with Crippen LogP contribution in [0.5, 0.6) is 0 Å². The first kappa shape index (κ1) is 19.9. The van der Waals surface area contributed by atoms with E-state index in [2.05, 4.69) is 10.3 Å². The monoisotopic (exact) mass is 398 g/mol. The molecule has 0 fully saturated rings. The average molecular weight is 398 g/mol. The summed E-state index contributed by atoms with van der Waals surface area (Å²) in [4.78, 5) is 43.0. The number of fused-ring (bicyclic) bond motifs is 1. The van der Waals surface area contributed by atoms with E-state index in [1.54, 1.807) is 24.8 Å². The zero-order valence-electron chi connectivity index (χ0n) is 16.3. The van der Waals surface area contributed by atoms with Gasteiger partial charge in [-0.1, -0.05) is 12.1 Å². The maximum Gasteiger partial charge on any atom is 0.332 e. The van der Waals surface area contributed by atoms with E-state index >= 15 is 0 Å². The predicted octanol–water partition coefficient (Wildman–Crippen LogP) is 1.64. The van der Waals surface area contributed by atoms with Gasteiger partial charge in [0.15, 0.2) is 0 Å². The summed E-state index contributed by atoms with van der Waals surface area (Å²) in [5.41, 5.74) is 1.13. The van der Waals surface area contributed by atoms with Crippen LogP contribution in [0.4, 0.5) is 0 Å². The minimum absolute atomic E-state index is 0.150. The molecule has 0 unspecified atom stereocenters. The van der Waals surface area contributed by atoms with Gasteiger partial charge in [0.1, 0.15) is 5.65 Å². The molecule has 0 aliphatic rings.